The van der Waals surface area contributed by atoms with Crippen LogP contribution in [0.4, 0.5) is 0 Å². The van der Waals surface area contributed by atoms with Crippen molar-refractivity contribution in [3.8, 4) is 0 Å². The standard InChI is InChI=1S/C20H22N4O/c1-23(2)11-9-14-3-5-15(6-4-14)20-21-13-16-7-8-18(25)22-17-10-12-24(20)19(16)17/h3-8,13H,9-12H2,1-2H3,(H,22,25). The summed E-state index contributed by atoms with van der Waals surface area (Å²) in [4.78, 5) is 20.9. The second-order valence-electron chi connectivity index (χ2n) is 6.84. The summed E-state index contributed by atoms with van der Waals surface area (Å²) in [5.74, 6) is 0.893. The zero-order valence-electron chi connectivity index (χ0n) is 14.6. The summed E-state index contributed by atoms with van der Waals surface area (Å²) in [6, 6.07) is 8.65. The molecule has 0 aliphatic carbocycles. The van der Waals surface area contributed by atoms with Crippen LogP contribution in [0.2, 0.25) is 0 Å². The predicted molar refractivity (Wildman–Crippen MR) is 99.0 cm³/mol. The van der Waals surface area contributed by atoms with Crippen LogP contribution in [0, 0.1) is 0 Å². The minimum Gasteiger partial charge on any atom is -0.324 e. The average molecular weight is 334 g/mol. The van der Waals surface area contributed by atoms with Crippen LogP contribution in [0.3, 0.4) is 0 Å². The van der Waals surface area contributed by atoms with Crippen LogP contribution in [0.25, 0.3) is 0 Å². The van der Waals surface area contributed by atoms with E-state index in [0.29, 0.717) is 0 Å². The highest BCUT2D eigenvalue weighted by Gasteiger charge is 2.32. The number of allylic oxidation sites excluding steroid dienone is 1. The van der Waals surface area contributed by atoms with Gasteiger partial charge in [-0.2, -0.15) is 0 Å². The molecule has 0 spiro atoms. The first-order valence-corrected chi connectivity index (χ1v) is 8.64. The summed E-state index contributed by atoms with van der Waals surface area (Å²) in [5, 5.41) is 2.99. The van der Waals surface area contributed by atoms with Gasteiger partial charge in [0.15, 0.2) is 0 Å². The molecule has 0 atom stereocenters. The van der Waals surface area contributed by atoms with Crippen molar-refractivity contribution in [1.29, 1.82) is 0 Å². The summed E-state index contributed by atoms with van der Waals surface area (Å²) in [6.45, 7) is 1.89. The van der Waals surface area contributed by atoms with Gasteiger partial charge in [-0.1, -0.05) is 24.3 Å². The maximum absolute atomic E-state index is 11.8. The number of nitrogens with zero attached hydrogens (tertiary/aromatic N) is 3. The fourth-order valence-electron chi connectivity index (χ4n) is 3.42. The molecular formula is C20H22N4O. The Labute approximate surface area is 148 Å². The lowest BCUT2D eigenvalue weighted by Crippen LogP contribution is -2.31. The van der Waals surface area contributed by atoms with Gasteiger partial charge in [-0.3, -0.25) is 4.79 Å². The summed E-state index contributed by atoms with van der Waals surface area (Å²) < 4.78 is 0. The number of amides is 1. The second kappa shape index (κ2) is 6.33. The van der Waals surface area contributed by atoms with Crippen LogP contribution >= 0.6 is 0 Å². The van der Waals surface area contributed by atoms with Crippen molar-refractivity contribution in [2.75, 3.05) is 27.2 Å². The molecule has 3 aliphatic heterocycles. The van der Waals surface area contributed by atoms with Gasteiger partial charge in [0.2, 0.25) is 5.91 Å². The van der Waals surface area contributed by atoms with Crippen molar-refractivity contribution in [3.63, 3.8) is 0 Å². The number of amidine groups is 1. The van der Waals surface area contributed by atoms with Crippen molar-refractivity contribution in [3.05, 3.63) is 70.7 Å². The third-order valence-electron chi connectivity index (χ3n) is 4.74. The first kappa shape index (κ1) is 15.8. The Bertz CT molecular complexity index is 828. The molecule has 0 radical (unpaired) electrons. The van der Waals surface area contributed by atoms with Crippen LogP contribution < -0.4 is 5.32 Å². The van der Waals surface area contributed by atoms with E-state index in [9.17, 15) is 4.79 Å². The minimum absolute atomic E-state index is 0.0635. The number of benzene rings is 1. The van der Waals surface area contributed by atoms with Gasteiger partial charge >= 0.3 is 0 Å². The van der Waals surface area contributed by atoms with E-state index in [1.165, 1.54) is 5.56 Å². The fourth-order valence-corrected chi connectivity index (χ4v) is 3.42. The van der Waals surface area contributed by atoms with E-state index in [2.05, 4.69) is 58.5 Å². The number of rotatable bonds is 4. The van der Waals surface area contributed by atoms with E-state index in [1.807, 2.05) is 12.3 Å². The Hall–Kier alpha value is -2.66. The average Bonchev–Trinajstić information content (AvgIpc) is 2.94. The van der Waals surface area contributed by atoms with E-state index in [-0.39, 0.29) is 5.91 Å². The van der Waals surface area contributed by atoms with Gasteiger partial charge in [0.25, 0.3) is 0 Å². The molecule has 3 heterocycles. The molecule has 4 rings (SSSR count). The monoisotopic (exact) mass is 334 g/mol. The zero-order chi connectivity index (χ0) is 17.4. The molecule has 3 aliphatic rings. The molecule has 1 aromatic carbocycles. The number of carbonyl (C=O) groups is 1. The third-order valence-corrected chi connectivity index (χ3v) is 4.74. The van der Waals surface area contributed by atoms with Crippen LogP contribution in [-0.4, -0.2) is 48.7 Å². The van der Waals surface area contributed by atoms with Gasteiger partial charge in [0.1, 0.15) is 5.84 Å². The van der Waals surface area contributed by atoms with E-state index in [4.69, 9.17) is 0 Å². The van der Waals surface area contributed by atoms with Crippen molar-refractivity contribution in [1.82, 2.24) is 15.1 Å². The smallest absolute Gasteiger partial charge is 0.248 e. The molecule has 1 aromatic rings. The highest BCUT2D eigenvalue weighted by molar-refractivity contribution is 6.02. The summed E-state index contributed by atoms with van der Waals surface area (Å²) in [6.07, 6.45) is 7.16. The minimum atomic E-state index is -0.0635. The molecule has 1 amide bonds. The molecule has 128 valence electrons. The highest BCUT2D eigenvalue weighted by atomic mass is 16.1. The highest BCUT2D eigenvalue weighted by Crippen LogP contribution is 2.34. The molecule has 0 bridgehead atoms. The normalized spacial score (nSPS) is 18.8. The Morgan fingerprint density at radius 2 is 2.00 bits per heavy atom. The van der Waals surface area contributed by atoms with Gasteiger partial charge < -0.3 is 15.1 Å². The topological polar surface area (TPSA) is 47.9 Å². The van der Waals surface area contributed by atoms with Gasteiger partial charge in [-0.05, 0) is 32.2 Å². The zero-order valence-corrected chi connectivity index (χ0v) is 14.6. The second-order valence-corrected chi connectivity index (χ2v) is 6.84. The first-order valence-electron chi connectivity index (χ1n) is 8.64. The molecule has 0 saturated heterocycles. The van der Waals surface area contributed by atoms with Crippen molar-refractivity contribution < 1.29 is 4.79 Å². The number of aliphatic imine (C=N–C) groups is 1. The number of hydrogen-bond donors (Lipinski definition) is 1. The maximum atomic E-state index is 11.8. The molecule has 0 unspecified atom stereocenters. The molecule has 0 aromatic heterocycles. The number of carbonyl (C=O) groups excluding carboxylic acids is 1. The van der Waals surface area contributed by atoms with Gasteiger partial charge in [0.05, 0.1) is 5.70 Å². The van der Waals surface area contributed by atoms with E-state index in [1.54, 1.807) is 6.08 Å². The number of hydrogen-bond acceptors (Lipinski definition) is 4. The van der Waals surface area contributed by atoms with Crippen molar-refractivity contribution >= 4 is 11.7 Å². The van der Waals surface area contributed by atoms with Crippen molar-refractivity contribution in [2.24, 2.45) is 4.99 Å². The molecule has 25 heavy (non-hydrogen) atoms. The quantitative estimate of drug-likeness (QED) is 0.917. The molecule has 5 heteroatoms. The molecular weight excluding hydrogens is 312 g/mol. The lowest BCUT2D eigenvalue weighted by molar-refractivity contribution is -0.115. The summed E-state index contributed by atoms with van der Waals surface area (Å²) >= 11 is 0. The summed E-state index contributed by atoms with van der Waals surface area (Å²) in [5.41, 5.74) is 5.52. The first-order chi connectivity index (χ1) is 12.1. The lowest BCUT2D eigenvalue weighted by atomic mass is 10.1. The van der Waals surface area contributed by atoms with Gasteiger partial charge in [-0.25, -0.2) is 4.99 Å². The van der Waals surface area contributed by atoms with Crippen LogP contribution in [0.15, 0.2) is 64.6 Å². The molecule has 0 saturated carbocycles. The Morgan fingerprint density at radius 1 is 1.20 bits per heavy atom. The Kier molecular flexibility index (Phi) is 4.01. The molecule has 1 N–H and O–H groups in total. The largest absolute Gasteiger partial charge is 0.324 e. The SMILES string of the molecule is CN(C)CCc1ccc(C2=NC=C3C=CC(=O)NC4=C3N2CC4)cc1. The van der Waals surface area contributed by atoms with Crippen LogP contribution in [-0.2, 0) is 11.2 Å². The fraction of sp³-hybridized carbons (Fsp3) is 0.300. The van der Waals surface area contributed by atoms with E-state index < -0.39 is 0 Å². The van der Waals surface area contributed by atoms with Crippen LogP contribution in [0.5, 0.6) is 0 Å². The number of likely N-dealkylation sites (N-methyl/N-ethyl adjacent to an activating group) is 1. The van der Waals surface area contributed by atoms with Gasteiger partial charge in [0, 0.05) is 48.6 Å². The molecule has 5 nitrogen and oxygen atoms in total. The lowest BCUT2D eigenvalue weighted by Gasteiger charge is -2.27. The van der Waals surface area contributed by atoms with Crippen LogP contribution in [0.1, 0.15) is 17.5 Å². The predicted octanol–water partition coefficient (Wildman–Crippen LogP) is 2.04. The maximum Gasteiger partial charge on any atom is 0.248 e. The Morgan fingerprint density at radius 3 is 2.76 bits per heavy atom. The third kappa shape index (κ3) is 3.03. The van der Waals surface area contributed by atoms with Crippen molar-refractivity contribution in [2.45, 2.75) is 12.8 Å². The number of nitrogens with one attached hydrogen (secondary N) is 1. The summed E-state index contributed by atoms with van der Waals surface area (Å²) in [7, 11) is 4.18. The molecule has 0 fully saturated rings. The van der Waals surface area contributed by atoms with Gasteiger partial charge in [-0.15, -0.1) is 0 Å². The van der Waals surface area contributed by atoms with E-state index in [0.717, 1.165) is 54.3 Å². The van der Waals surface area contributed by atoms with E-state index >= 15 is 0 Å². The Balaban J connectivity index is 1.62.